The first-order chi connectivity index (χ1) is 8.65. The number of rotatable bonds is 3. The second kappa shape index (κ2) is 5.61. The Balaban J connectivity index is 2.86. The molecule has 0 saturated carbocycles. The van der Waals surface area contributed by atoms with Crippen molar-refractivity contribution in [3.8, 4) is 0 Å². The zero-order chi connectivity index (χ0) is 14.7. The molecule has 0 aliphatic heterocycles. The lowest BCUT2D eigenvalue weighted by atomic mass is 9.86. The normalized spacial score (nSPS) is 12.1. The number of aliphatic hydroxyl groups is 1. The third kappa shape index (κ3) is 4.56. The molecule has 0 aliphatic carbocycles. The zero-order valence-electron chi connectivity index (χ0n) is 12.4. The second-order valence-corrected chi connectivity index (χ2v) is 6.42. The van der Waals surface area contributed by atoms with Crippen LogP contribution >= 0.6 is 0 Å². The minimum atomic E-state index is -0.638. The molecule has 1 aromatic rings. The van der Waals surface area contributed by atoms with Crippen LogP contribution in [0.2, 0.25) is 0 Å². The Labute approximate surface area is 115 Å². The molecule has 0 atom stereocenters. The van der Waals surface area contributed by atoms with E-state index in [0.29, 0.717) is 0 Å². The topological polar surface area (TPSA) is 61.4 Å². The molecular weight excluding hydrogens is 240 g/mol. The summed E-state index contributed by atoms with van der Waals surface area (Å²) in [5.41, 5.74) is 1.19. The van der Waals surface area contributed by atoms with Gasteiger partial charge in [0.25, 0.3) is 0 Å². The van der Waals surface area contributed by atoms with E-state index in [-0.39, 0.29) is 18.1 Å². The fourth-order valence-electron chi connectivity index (χ4n) is 1.75. The van der Waals surface area contributed by atoms with E-state index in [1.165, 1.54) is 0 Å². The highest BCUT2D eigenvalue weighted by atomic mass is 16.3. The van der Waals surface area contributed by atoms with E-state index in [4.69, 9.17) is 5.11 Å². The summed E-state index contributed by atoms with van der Waals surface area (Å²) in [6.07, 6.45) is 0. The number of para-hydroxylation sites is 1. The van der Waals surface area contributed by atoms with Gasteiger partial charge in [-0.1, -0.05) is 39.0 Å². The van der Waals surface area contributed by atoms with Gasteiger partial charge in [-0.25, -0.2) is 4.79 Å². The maximum Gasteiger partial charge on any atom is 0.319 e. The van der Waals surface area contributed by atoms with Crippen LogP contribution in [0, 0.1) is 0 Å². The number of anilines is 1. The Morgan fingerprint density at radius 1 is 1.16 bits per heavy atom. The van der Waals surface area contributed by atoms with Gasteiger partial charge in [0, 0.05) is 5.69 Å². The first-order valence-corrected chi connectivity index (χ1v) is 6.45. The number of benzene rings is 1. The molecule has 0 saturated heterocycles. The quantitative estimate of drug-likeness (QED) is 0.786. The minimum Gasteiger partial charge on any atom is -0.394 e. The molecule has 0 fully saturated rings. The molecule has 1 rings (SSSR count). The van der Waals surface area contributed by atoms with Crippen molar-refractivity contribution in [3.05, 3.63) is 29.8 Å². The monoisotopic (exact) mass is 264 g/mol. The third-order valence-corrected chi connectivity index (χ3v) is 2.83. The van der Waals surface area contributed by atoms with E-state index >= 15 is 0 Å². The maximum atomic E-state index is 11.9. The predicted molar refractivity (Wildman–Crippen MR) is 78.5 cm³/mol. The van der Waals surface area contributed by atoms with Crippen molar-refractivity contribution >= 4 is 11.7 Å². The average molecular weight is 264 g/mol. The number of hydrogen-bond acceptors (Lipinski definition) is 2. The summed E-state index contributed by atoms with van der Waals surface area (Å²) in [6.45, 7) is 9.72. The number of urea groups is 1. The van der Waals surface area contributed by atoms with Crippen LogP contribution in [-0.4, -0.2) is 23.3 Å². The largest absolute Gasteiger partial charge is 0.394 e. The van der Waals surface area contributed by atoms with Crippen molar-refractivity contribution < 1.29 is 9.90 Å². The Morgan fingerprint density at radius 3 is 2.26 bits per heavy atom. The summed E-state index contributed by atoms with van der Waals surface area (Å²) >= 11 is 0. The van der Waals surface area contributed by atoms with Crippen molar-refractivity contribution in [2.24, 2.45) is 0 Å². The molecule has 2 amide bonds. The van der Waals surface area contributed by atoms with E-state index in [1.54, 1.807) is 13.8 Å². The number of aliphatic hydroxyl groups excluding tert-OH is 1. The Kier molecular flexibility index (Phi) is 4.58. The predicted octanol–water partition coefficient (Wildman–Crippen LogP) is 2.88. The average Bonchev–Trinajstić information content (AvgIpc) is 2.27. The first kappa shape index (κ1) is 15.5. The summed E-state index contributed by atoms with van der Waals surface area (Å²) in [4.78, 5) is 11.9. The van der Waals surface area contributed by atoms with Crippen LogP contribution in [0.3, 0.4) is 0 Å². The van der Waals surface area contributed by atoms with E-state index in [0.717, 1.165) is 11.3 Å². The number of amides is 2. The Hall–Kier alpha value is -1.55. The molecule has 0 aromatic heterocycles. The lowest BCUT2D eigenvalue weighted by Gasteiger charge is -2.26. The van der Waals surface area contributed by atoms with Crippen molar-refractivity contribution in [1.82, 2.24) is 5.32 Å². The third-order valence-electron chi connectivity index (χ3n) is 2.83. The second-order valence-electron chi connectivity index (χ2n) is 6.42. The molecule has 1 aromatic carbocycles. The van der Waals surface area contributed by atoms with Gasteiger partial charge in [0.15, 0.2) is 0 Å². The molecule has 106 valence electrons. The van der Waals surface area contributed by atoms with Crippen molar-refractivity contribution in [2.45, 2.75) is 45.6 Å². The molecule has 0 radical (unpaired) electrons. The van der Waals surface area contributed by atoms with Crippen LogP contribution in [0.4, 0.5) is 10.5 Å². The number of nitrogens with one attached hydrogen (secondary N) is 2. The maximum absolute atomic E-state index is 11.9. The van der Waals surface area contributed by atoms with E-state index in [1.807, 2.05) is 24.3 Å². The highest BCUT2D eigenvalue weighted by molar-refractivity contribution is 5.90. The Morgan fingerprint density at radius 2 is 1.74 bits per heavy atom. The number of carbonyl (C=O) groups is 1. The molecule has 0 heterocycles. The Bertz CT molecular complexity index is 448. The smallest absolute Gasteiger partial charge is 0.319 e. The molecular formula is C15H24N2O2. The van der Waals surface area contributed by atoms with Gasteiger partial charge in [0.1, 0.15) is 0 Å². The van der Waals surface area contributed by atoms with Crippen LogP contribution in [0.1, 0.15) is 40.2 Å². The van der Waals surface area contributed by atoms with Gasteiger partial charge in [0.2, 0.25) is 0 Å². The van der Waals surface area contributed by atoms with Crippen LogP contribution < -0.4 is 10.6 Å². The van der Waals surface area contributed by atoms with Crippen LogP contribution in [0.25, 0.3) is 0 Å². The van der Waals surface area contributed by atoms with Crippen LogP contribution in [-0.2, 0) is 5.41 Å². The fourth-order valence-corrected chi connectivity index (χ4v) is 1.75. The van der Waals surface area contributed by atoms with Gasteiger partial charge in [0.05, 0.1) is 12.1 Å². The van der Waals surface area contributed by atoms with Gasteiger partial charge in [-0.2, -0.15) is 0 Å². The zero-order valence-corrected chi connectivity index (χ0v) is 12.4. The molecule has 3 N–H and O–H groups in total. The molecule has 0 bridgehead atoms. The van der Waals surface area contributed by atoms with Gasteiger partial charge >= 0.3 is 6.03 Å². The number of hydrogen-bond donors (Lipinski definition) is 3. The lowest BCUT2D eigenvalue weighted by molar-refractivity contribution is 0.187. The highest BCUT2D eigenvalue weighted by Crippen LogP contribution is 2.29. The summed E-state index contributed by atoms with van der Waals surface area (Å²) < 4.78 is 0. The van der Waals surface area contributed by atoms with Gasteiger partial charge < -0.3 is 15.7 Å². The van der Waals surface area contributed by atoms with Crippen LogP contribution in [0.15, 0.2) is 24.3 Å². The lowest BCUT2D eigenvalue weighted by Crippen LogP contribution is -2.48. The minimum absolute atomic E-state index is 0.0453. The van der Waals surface area contributed by atoms with E-state index in [2.05, 4.69) is 31.4 Å². The van der Waals surface area contributed by atoms with Crippen molar-refractivity contribution in [2.75, 3.05) is 11.9 Å². The first-order valence-electron chi connectivity index (χ1n) is 6.45. The molecule has 0 unspecified atom stereocenters. The summed E-state index contributed by atoms with van der Waals surface area (Å²) in [5.74, 6) is 0. The molecule has 4 nitrogen and oxygen atoms in total. The van der Waals surface area contributed by atoms with Gasteiger partial charge in [-0.3, -0.25) is 0 Å². The standard InChI is InChI=1S/C15H24N2O2/c1-14(2,3)11-8-6-7-9-12(11)16-13(19)17-15(4,5)10-18/h6-9,18H,10H2,1-5H3,(H2,16,17,19). The molecule has 19 heavy (non-hydrogen) atoms. The van der Waals surface area contributed by atoms with Gasteiger partial charge in [-0.05, 0) is 30.9 Å². The fraction of sp³-hybridized carbons (Fsp3) is 0.533. The summed E-state index contributed by atoms with van der Waals surface area (Å²) in [6, 6.07) is 7.43. The molecule has 4 heteroatoms. The summed E-state index contributed by atoms with van der Waals surface area (Å²) in [5, 5.41) is 14.7. The van der Waals surface area contributed by atoms with E-state index in [9.17, 15) is 4.79 Å². The van der Waals surface area contributed by atoms with E-state index < -0.39 is 5.54 Å². The van der Waals surface area contributed by atoms with Crippen LogP contribution in [0.5, 0.6) is 0 Å². The molecule has 0 aliphatic rings. The van der Waals surface area contributed by atoms with Gasteiger partial charge in [-0.15, -0.1) is 0 Å². The highest BCUT2D eigenvalue weighted by Gasteiger charge is 2.22. The SMILES string of the molecule is CC(C)(CO)NC(=O)Nc1ccccc1C(C)(C)C. The molecule has 0 spiro atoms. The van der Waals surface area contributed by atoms with Crippen molar-refractivity contribution in [1.29, 1.82) is 0 Å². The summed E-state index contributed by atoms with van der Waals surface area (Å²) in [7, 11) is 0. The number of carbonyl (C=O) groups excluding carboxylic acids is 1. The van der Waals surface area contributed by atoms with Crippen molar-refractivity contribution in [3.63, 3.8) is 0 Å².